The Labute approximate surface area is 169 Å². The minimum Gasteiger partial charge on any atom is -0.198 e. The van der Waals surface area contributed by atoms with Gasteiger partial charge in [0.15, 0.2) is 0 Å². The first kappa shape index (κ1) is 23.6. The van der Waals surface area contributed by atoms with Gasteiger partial charge in [-0.25, -0.2) is 0 Å². The second kappa shape index (κ2) is 9.67. The molecule has 1 nitrogen and oxygen atoms in total. The van der Waals surface area contributed by atoms with Crippen LogP contribution < -0.4 is 0 Å². The van der Waals surface area contributed by atoms with Gasteiger partial charge in [-0.05, 0) is 35.4 Å². The summed E-state index contributed by atoms with van der Waals surface area (Å²) in [6, 6.07) is 8.80. The maximum absolute atomic E-state index is 12.2. The van der Waals surface area contributed by atoms with Crippen molar-refractivity contribution in [1.82, 2.24) is 0 Å². The Bertz CT molecular complexity index is 828. The van der Waals surface area contributed by atoms with Gasteiger partial charge in [0.05, 0.1) is 33.7 Å². The molecule has 0 saturated heterocycles. The van der Waals surface area contributed by atoms with E-state index in [0.717, 1.165) is 23.8 Å². The summed E-state index contributed by atoms with van der Waals surface area (Å²) in [7, 11) is 0. The number of hydrogen-bond donors (Lipinski definition) is 0. The van der Waals surface area contributed by atoms with E-state index in [1.807, 2.05) is 6.07 Å². The smallest absolute Gasteiger partial charge is 0.198 e. The average molecular weight is 493 g/mol. The van der Waals surface area contributed by atoms with Crippen LogP contribution >= 0.6 is 39.1 Å². The minimum absolute atomic E-state index is 0.0534. The summed E-state index contributed by atoms with van der Waals surface area (Å²) >= 11 is 14.0. The van der Waals surface area contributed by atoms with Crippen LogP contribution in [0.15, 0.2) is 36.4 Å². The molecular formula is C17H10BrCl2F6N. The lowest BCUT2D eigenvalue weighted by Gasteiger charge is -2.09. The fraction of sp³-hybridized carbons (Fsp3) is 0.235. The Morgan fingerprint density at radius 2 is 1.22 bits per heavy atom. The Morgan fingerprint density at radius 1 is 0.815 bits per heavy atom. The van der Waals surface area contributed by atoms with Crippen LogP contribution in [0.1, 0.15) is 22.3 Å². The molecule has 146 valence electrons. The zero-order valence-electron chi connectivity index (χ0n) is 13.2. The molecule has 0 radical (unpaired) electrons. The van der Waals surface area contributed by atoms with E-state index in [-0.39, 0.29) is 16.5 Å². The number of halogens is 9. The third-order valence-corrected chi connectivity index (χ3v) is 4.39. The average Bonchev–Trinajstić information content (AvgIpc) is 2.53. The highest BCUT2D eigenvalue weighted by atomic mass is 79.9. The van der Waals surface area contributed by atoms with Gasteiger partial charge in [0.1, 0.15) is 0 Å². The predicted octanol–water partition coefficient (Wildman–Crippen LogP) is 7.68. The van der Waals surface area contributed by atoms with Crippen molar-refractivity contribution in [3.63, 3.8) is 0 Å². The largest absolute Gasteiger partial charge is 0.417 e. The van der Waals surface area contributed by atoms with Crippen molar-refractivity contribution in [2.45, 2.75) is 24.1 Å². The van der Waals surface area contributed by atoms with E-state index in [1.54, 1.807) is 0 Å². The summed E-state index contributed by atoms with van der Waals surface area (Å²) in [5, 5.41) is 8.19. The second-order valence-electron chi connectivity index (χ2n) is 5.09. The van der Waals surface area contributed by atoms with Gasteiger partial charge in [0.25, 0.3) is 0 Å². The van der Waals surface area contributed by atoms with E-state index in [0.29, 0.717) is 10.9 Å². The first-order chi connectivity index (χ1) is 12.4. The lowest BCUT2D eigenvalue weighted by atomic mass is 10.1. The van der Waals surface area contributed by atoms with Crippen molar-refractivity contribution in [2.75, 3.05) is 0 Å². The van der Waals surface area contributed by atoms with Crippen LogP contribution in [0.25, 0.3) is 0 Å². The van der Waals surface area contributed by atoms with Gasteiger partial charge in [-0.1, -0.05) is 51.3 Å². The Morgan fingerprint density at radius 3 is 1.56 bits per heavy atom. The molecule has 0 heterocycles. The summed E-state index contributed by atoms with van der Waals surface area (Å²) in [4.78, 5) is 0. The Kier molecular flexibility index (Phi) is 8.46. The second-order valence-corrected chi connectivity index (χ2v) is 6.47. The predicted molar refractivity (Wildman–Crippen MR) is 94.9 cm³/mol. The van der Waals surface area contributed by atoms with Crippen molar-refractivity contribution in [2.24, 2.45) is 0 Å². The molecule has 10 heteroatoms. The Balaban J connectivity index is 0.000000271. The van der Waals surface area contributed by atoms with Crippen LogP contribution in [-0.2, 0) is 24.1 Å². The van der Waals surface area contributed by atoms with Crippen molar-refractivity contribution in [3.8, 4) is 6.07 Å². The molecule has 0 aliphatic rings. The molecule has 0 bridgehead atoms. The number of benzene rings is 2. The molecule has 2 aromatic carbocycles. The number of rotatable bonds is 2. The first-order valence-corrected chi connectivity index (χ1v) is 8.92. The van der Waals surface area contributed by atoms with Crippen LogP contribution in [-0.4, -0.2) is 0 Å². The number of alkyl halides is 7. The van der Waals surface area contributed by atoms with Gasteiger partial charge >= 0.3 is 12.4 Å². The summed E-state index contributed by atoms with van der Waals surface area (Å²) in [6.45, 7) is 0. The van der Waals surface area contributed by atoms with Crippen molar-refractivity contribution in [3.05, 3.63) is 68.7 Å². The summed E-state index contributed by atoms with van der Waals surface area (Å²) in [5.41, 5.74) is -0.469. The highest BCUT2D eigenvalue weighted by Gasteiger charge is 2.33. The van der Waals surface area contributed by atoms with E-state index in [1.165, 1.54) is 18.2 Å². The van der Waals surface area contributed by atoms with Gasteiger partial charge in [-0.15, -0.1) is 0 Å². The van der Waals surface area contributed by atoms with Crippen LogP contribution in [0.4, 0.5) is 26.3 Å². The van der Waals surface area contributed by atoms with Crippen LogP contribution in [0.2, 0.25) is 10.0 Å². The zero-order chi connectivity index (χ0) is 20.8. The molecule has 0 amide bonds. The monoisotopic (exact) mass is 491 g/mol. The van der Waals surface area contributed by atoms with E-state index in [4.69, 9.17) is 28.5 Å². The van der Waals surface area contributed by atoms with Gasteiger partial charge in [0.2, 0.25) is 0 Å². The normalized spacial score (nSPS) is 11.4. The Hall–Kier alpha value is -1.43. The molecule has 0 aromatic heterocycles. The number of hydrogen-bond acceptors (Lipinski definition) is 1. The molecule has 2 aromatic rings. The van der Waals surface area contributed by atoms with E-state index >= 15 is 0 Å². The summed E-state index contributed by atoms with van der Waals surface area (Å²) in [5.74, 6) is 0. The van der Waals surface area contributed by atoms with Crippen molar-refractivity contribution in [1.29, 1.82) is 5.26 Å². The molecule has 0 atom stereocenters. The molecule has 0 spiro atoms. The SMILES string of the molecule is FC(F)(F)c1ccc(CBr)cc1Cl.N#CCc1ccc(C(F)(F)F)c(Cl)c1. The van der Waals surface area contributed by atoms with E-state index < -0.39 is 23.5 Å². The van der Waals surface area contributed by atoms with Crippen molar-refractivity contribution < 1.29 is 26.3 Å². The van der Waals surface area contributed by atoms with Gasteiger partial charge in [-0.3, -0.25) is 0 Å². The van der Waals surface area contributed by atoms with Crippen LogP contribution in [0, 0.1) is 11.3 Å². The summed E-state index contributed by atoms with van der Waals surface area (Å²) < 4.78 is 73.2. The van der Waals surface area contributed by atoms with Gasteiger partial charge < -0.3 is 0 Å². The molecule has 2 rings (SSSR count). The van der Waals surface area contributed by atoms with Crippen LogP contribution in [0.5, 0.6) is 0 Å². The summed E-state index contributed by atoms with van der Waals surface area (Å²) in [6.07, 6.45) is -8.76. The van der Waals surface area contributed by atoms with Gasteiger partial charge in [0, 0.05) is 5.33 Å². The minimum atomic E-state index is -4.44. The lowest BCUT2D eigenvalue weighted by Crippen LogP contribution is -2.05. The standard InChI is InChI=1S/C9H5ClF3N.C8H5BrClF3/c10-8-5-6(3-4-14)1-2-7(8)9(11,12)13;9-4-5-1-2-6(7(10)3-5)8(11,12)13/h1-2,5H,3H2;1-3H,4H2. The third kappa shape index (κ3) is 7.24. The first-order valence-electron chi connectivity index (χ1n) is 7.04. The molecule has 27 heavy (non-hydrogen) atoms. The fourth-order valence-electron chi connectivity index (χ4n) is 1.86. The molecule has 0 saturated carbocycles. The molecule has 0 unspecified atom stereocenters. The maximum atomic E-state index is 12.2. The van der Waals surface area contributed by atoms with E-state index in [9.17, 15) is 26.3 Å². The molecule has 0 aliphatic heterocycles. The molecular weight excluding hydrogens is 483 g/mol. The highest BCUT2D eigenvalue weighted by Crippen LogP contribution is 2.36. The van der Waals surface area contributed by atoms with E-state index in [2.05, 4.69) is 15.9 Å². The lowest BCUT2D eigenvalue weighted by molar-refractivity contribution is -0.138. The van der Waals surface area contributed by atoms with Gasteiger partial charge in [-0.2, -0.15) is 31.6 Å². The highest BCUT2D eigenvalue weighted by molar-refractivity contribution is 9.08. The number of nitrogens with zero attached hydrogens (tertiary/aromatic N) is 1. The maximum Gasteiger partial charge on any atom is 0.417 e. The zero-order valence-corrected chi connectivity index (χ0v) is 16.3. The molecule has 0 N–H and O–H groups in total. The number of nitriles is 1. The molecule has 0 aliphatic carbocycles. The molecule has 0 fully saturated rings. The third-order valence-electron chi connectivity index (χ3n) is 3.12. The van der Waals surface area contributed by atoms with Crippen molar-refractivity contribution >= 4 is 39.1 Å². The quantitative estimate of drug-likeness (QED) is 0.311. The topological polar surface area (TPSA) is 23.8 Å². The fourth-order valence-corrected chi connectivity index (χ4v) is 2.83. The van der Waals surface area contributed by atoms with Crippen LogP contribution in [0.3, 0.4) is 0 Å².